The van der Waals surface area contributed by atoms with Crippen molar-refractivity contribution in [1.29, 1.82) is 0 Å². The molecule has 2 rings (SSSR count). The van der Waals surface area contributed by atoms with E-state index in [1.807, 2.05) is 31.3 Å². The molecular weight excluding hydrogens is 202 g/mol. The second-order valence-electron chi connectivity index (χ2n) is 3.78. The average molecular weight is 217 g/mol. The third kappa shape index (κ3) is 2.41. The Labute approximate surface area is 94.6 Å². The van der Waals surface area contributed by atoms with Crippen LogP contribution < -0.4 is 10.5 Å². The molecule has 0 saturated carbocycles. The standard InChI is InChI=1S/C12H15N3O/c1-9-4-3-5-11(6-9)15-8-12(7-14-15)16-10(2)13/h3-8,10H,13H2,1-2H3. The summed E-state index contributed by atoms with van der Waals surface area (Å²) in [6.45, 7) is 3.83. The van der Waals surface area contributed by atoms with E-state index in [0.29, 0.717) is 5.75 Å². The van der Waals surface area contributed by atoms with Crippen LogP contribution >= 0.6 is 0 Å². The van der Waals surface area contributed by atoms with E-state index in [1.54, 1.807) is 17.8 Å². The maximum absolute atomic E-state index is 5.54. The van der Waals surface area contributed by atoms with Crippen molar-refractivity contribution in [3.8, 4) is 11.4 Å². The third-order valence-electron chi connectivity index (χ3n) is 2.15. The topological polar surface area (TPSA) is 53.1 Å². The van der Waals surface area contributed by atoms with Gasteiger partial charge in [0.15, 0.2) is 5.75 Å². The zero-order valence-corrected chi connectivity index (χ0v) is 9.42. The van der Waals surface area contributed by atoms with E-state index in [2.05, 4.69) is 11.2 Å². The average Bonchev–Trinajstić information content (AvgIpc) is 2.65. The number of benzene rings is 1. The first-order valence-electron chi connectivity index (χ1n) is 5.19. The summed E-state index contributed by atoms with van der Waals surface area (Å²) in [5, 5.41) is 4.22. The van der Waals surface area contributed by atoms with Gasteiger partial charge < -0.3 is 4.74 Å². The van der Waals surface area contributed by atoms with Crippen molar-refractivity contribution in [3.63, 3.8) is 0 Å². The summed E-state index contributed by atoms with van der Waals surface area (Å²) in [5.74, 6) is 0.677. The van der Waals surface area contributed by atoms with Crippen molar-refractivity contribution in [2.75, 3.05) is 0 Å². The molecule has 0 radical (unpaired) electrons. The highest BCUT2D eigenvalue weighted by Crippen LogP contribution is 2.15. The van der Waals surface area contributed by atoms with Crippen LogP contribution in [0.1, 0.15) is 12.5 Å². The number of hydrogen-bond acceptors (Lipinski definition) is 3. The molecule has 1 atom stereocenters. The first-order chi connectivity index (χ1) is 7.65. The maximum atomic E-state index is 5.54. The first kappa shape index (κ1) is 10.7. The summed E-state index contributed by atoms with van der Waals surface area (Å²) in [6, 6.07) is 8.10. The number of aryl methyl sites for hydroxylation is 1. The molecule has 0 bridgehead atoms. The van der Waals surface area contributed by atoms with E-state index in [1.165, 1.54) is 5.56 Å². The number of nitrogens with two attached hydrogens (primary N) is 1. The van der Waals surface area contributed by atoms with Gasteiger partial charge in [-0.1, -0.05) is 12.1 Å². The second kappa shape index (κ2) is 4.37. The molecule has 0 aliphatic carbocycles. The third-order valence-corrected chi connectivity index (χ3v) is 2.15. The van der Waals surface area contributed by atoms with Crippen LogP contribution in [0.4, 0.5) is 0 Å². The van der Waals surface area contributed by atoms with Gasteiger partial charge in [0.25, 0.3) is 0 Å². The lowest BCUT2D eigenvalue weighted by molar-refractivity contribution is 0.230. The lowest BCUT2D eigenvalue weighted by Crippen LogP contribution is -2.22. The van der Waals surface area contributed by atoms with Crippen molar-refractivity contribution in [2.45, 2.75) is 20.1 Å². The normalized spacial score (nSPS) is 12.4. The molecule has 0 aliphatic rings. The fourth-order valence-electron chi connectivity index (χ4n) is 1.49. The zero-order valence-electron chi connectivity index (χ0n) is 9.42. The van der Waals surface area contributed by atoms with Crippen LogP contribution in [0.5, 0.6) is 5.75 Å². The summed E-state index contributed by atoms with van der Waals surface area (Å²) in [5.41, 5.74) is 7.75. The van der Waals surface area contributed by atoms with Crippen LogP contribution in [-0.4, -0.2) is 16.0 Å². The molecule has 84 valence electrons. The highest BCUT2D eigenvalue weighted by atomic mass is 16.5. The molecule has 0 aliphatic heterocycles. The van der Waals surface area contributed by atoms with Crippen molar-refractivity contribution >= 4 is 0 Å². The molecule has 2 N–H and O–H groups in total. The van der Waals surface area contributed by atoms with Crippen LogP contribution in [-0.2, 0) is 0 Å². The highest BCUT2D eigenvalue weighted by Gasteiger charge is 2.03. The number of rotatable bonds is 3. The van der Waals surface area contributed by atoms with Crippen LogP contribution in [0.3, 0.4) is 0 Å². The van der Waals surface area contributed by atoms with E-state index in [4.69, 9.17) is 10.5 Å². The minimum absolute atomic E-state index is 0.324. The van der Waals surface area contributed by atoms with Gasteiger partial charge in [-0.05, 0) is 31.5 Å². The molecule has 1 aromatic carbocycles. The van der Waals surface area contributed by atoms with Crippen LogP contribution in [0.25, 0.3) is 5.69 Å². The van der Waals surface area contributed by atoms with Crippen molar-refractivity contribution in [1.82, 2.24) is 9.78 Å². The Kier molecular flexibility index (Phi) is 2.92. The van der Waals surface area contributed by atoms with Gasteiger partial charge in [0, 0.05) is 0 Å². The van der Waals surface area contributed by atoms with Crippen molar-refractivity contribution < 1.29 is 4.74 Å². The molecule has 0 amide bonds. The van der Waals surface area contributed by atoms with E-state index >= 15 is 0 Å². The Balaban J connectivity index is 2.24. The van der Waals surface area contributed by atoms with E-state index < -0.39 is 0 Å². The van der Waals surface area contributed by atoms with E-state index in [-0.39, 0.29) is 6.23 Å². The summed E-state index contributed by atoms with van der Waals surface area (Å²) < 4.78 is 7.11. The summed E-state index contributed by atoms with van der Waals surface area (Å²) in [4.78, 5) is 0. The highest BCUT2D eigenvalue weighted by molar-refractivity contribution is 5.35. The van der Waals surface area contributed by atoms with Crippen molar-refractivity contribution in [2.24, 2.45) is 5.73 Å². The maximum Gasteiger partial charge on any atom is 0.160 e. The molecule has 4 nitrogen and oxygen atoms in total. The summed E-state index contributed by atoms with van der Waals surface area (Å²) in [7, 11) is 0. The largest absolute Gasteiger partial charge is 0.473 e. The Morgan fingerprint density at radius 3 is 2.94 bits per heavy atom. The Hall–Kier alpha value is -1.81. The fraction of sp³-hybridized carbons (Fsp3) is 0.250. The smallest absolute Gasteiger partial charge is 0.160 e. The number of aromatic nitrogens is 2. The molecule has 16 heavy (non-hydrogen) atoms. The molecule has 0 saturated heterocycles. The molecule has 1 aromatic heterocycles. The Bertz CT molecular complexity index is 477. The molecular formula is C12H15N3O. The zero-order chi connectivity index (χ0) is 11.5. The molecule has 4 heteroatoms. The summed E-state index contributed by atoms with van der Waals surface area (Å²) in [6.07, 6.45) is 3.15. The molecule has 0 fully saturated rings. The first-order valence-corrected chi connectivity index (χ1v) is 5.19. The number of hydrogen-bond donors (Lipinski definition) is 1. The molecule has 2 aromatic rings. The number of ether oxygens (including phenoxy) is 1. The van der Waals surface area contributed by atoms with E-state index in [0.717, 1.165) is 5.69 Å². The van der Waals surface area contributed by atoms with Gasteiger partial charge in [-0.2, -0.15) is 5.10 Å². The number of nitrogens with zero attached hydrogens (tertiary/aromatic N) is 2. The fourth-order valence-corrected chi connectivity index (χ4v) is 1.49. The van der Waals surface area contributed by atoms with Crippen molar-refractivity contribution in [3.05, 3.63) is 42.2 Å². The Morgan fingerprint density at radius 1 is 1.44 bits per heavy atom. The predicted octanol–water partition coefficient (Wildman–Crippen LogP) is 1.86. The van der Waals surface area contributed by atoms with Gasteiger partial charge in [-0.15, -0.1) is 0 Å². The van der Waals surface area contributed by atoms with Crippen LogP contribution in [0, 0.1) is 6.92 Å². The van der Waals surface area contributed by atoms with Gasteiger partial charge >= 0.3 is 0 Å². The van der Waals surface area contributed by atoms with Gasteiger partial charge in [0.2, 0.25) is 0 Å². The lowest BCUT2D eigenvalue weighted by atomic mass is 10.2. The quantitative estimate of drug-likeness (QED) is 0.798. The van der Waals surface area contributed by atoms with Crippen LogP contribution in [0.2, 0.25) is 0 Å². The monoisotopic (exact) mass is 217 g/mol. The van der Waals surface area contributed by atoms with Gasteiger partial charge in [-0.3, -0.25) is 5.73 Å². The predicted molar refractivity (Wildman–Crippen MR) is 62.6 cm³/mol. The summed E-state index contributed by atoms with van der Waals surface area (Å²) >= 11 is 0. The molecule has 1 heterocycles. The Morgan fingerprint density at radius 2 is 2.25 bits per heavy atom. The lowest BCUT2D eigenvalue weighted by Gasteiger charge is -2.05. The minimum Gasteiger partial charge on any atom is -0.473 e. The van der Waals surface area contributed by atoms with Gasteiger partial charge in [-0.25, -0.2) is 4.68 Å². The SMILES string of the molecule is Cc1cccc(-n2cc(OC(C)N)cn2)c1. The molecule has 1 unspecified atom stereocenters. The van der Waals surface area contributed by atoms with Crippen LogP contribution in [0.15, 0.2) is 36.7 Å². The minimum atomic E-state index is -0.324. The van der Waals surface area contributed by atoms with E-state index in [9.17, 15) is 0 Å². The van der Waals surface area contributed by atoms with Gasteiger partial charge in [0.05, 0.1) is 18.1 Å². The van der Waals surface area contributed by atoms with Gasteiger partial charge in [0.1, 0.15) is 6.23 Å². The second-order valence-corrected chi connectivity index (χ2v) is 3.78. The molecule has 0 spiro atoms.